The van der Waals surface area contributed by atoms with E-state index in [2.05, 4.69) is 10.3 Å². The quantitative estimate of drug-likeness (QED) is 0.897. The second kappa shape index (κ2) is 5.16. The number of anilines is 1. The van der Waals surface area contributed by atoms with Crippen molar-refractivity contribution >= 4 is 28.3 Å². The monoisotopic (exact) mass is 294 g/mol. The highest BCUT2D eigenvalue weighted by Gasteiger charge is 2.50. The Morgan fingerprint density at radius 1 is 1.25 bits per heavy atom. The molecule has 3 aliphatic carbocycles. The van der Waals surface area contributed by atoms with E-state index in [0.717, 1.165) is 30.6 Å². The summed E-state index contributed by atoms with van der Waals surface area (Å²) in [5.41, 5.74) is 0. The molecule has 2 bridgehead atoms. The summed E-state index contributed by atoms with van der Waals surface area (Å²) in [6, 6.07) is 0. The average molecular weight is 294 g/mol. The Bertz CT molecular complexity index is 534. The lowest BCUT2D eigenvalue weighted by Gasteiger charge is -2.45. The summed E-state index contributed by atoms with van der Waals surface area (Å²) >= 11 is 1.42. The Balaban J connectivity index is 1.79. The van der Waals surface area contributed by atoms with Gasteiger partial charge in [-0.25, -0.2) is 4.98 Å². The van der Waals surface area contributed by atoms with Gasteiger partial charge < -0.3 is 10.4 Å². The van der Waals surface area contributed by atoms with Gasteiger partial charge in [0.05, 0.1) is 11.8 Å². The van der Waals surface area contributed by atoms with Crippen molar-refractivity contribution in [3.8, 4) is 0 Å². The van der Waals surface area contributed by atoms with Crippen LogP contribution in [0.25, 0.3) is 0 Å². The highest BCUT2D eigenvalue weighted by molar-refractivity contribution is 7.15. The molecule has 3 fully saturated rings. The number of thiazole rings is 1. The van der Waals surface area contributed by atoms with Crippen molar-refractivity contribution in [2.45, 2.75) is 32.6 Å². The zero-order valence-corrected chi connectivity index (χ0v) is 12.2. The Kier molecular flexibility index (Phi) is 3.50. The third kappa shape index (κ3) is 2.32. The average Bonchev–Trinajstić information content (AvgIpc) is 2.84. The van der Waals surface area contributed by atoms with Crippen LogP contribution >= 0.6 is 11.3 Å². The predicted molar refractivity (Wildman–Crippen MR) is 75.5 cm³/mol. The molecule has 20 heavy (non-hydrogen) atoms. The van der Waals surface area contributed by atoms with Gasteiger partial charge in [0, 0.05) is 11.1 Å². The van der Waals surface area contributed by atoms with E-state index in [1.165, 1.54) is 11.3 Å². The van der Waals surface area contributed by atoms with E-state index in [-0.39, 0.29) is 17.7 Å². The molecule has 5 nitrogen and oxygen atoms in total. The number of aliphatic carboxylic acids is 1. The summed E-state index contributed by atoms with van der Waals surface area (Å²) in [7, 11) is 0. The Morgan fingerprint density at radius 3 is 2.35 bits per heavy atom. The van der Waals surface area contributed by atoms with Gasteiger partial charge in [-0.15, -0.1) is 11.3 Å². The Labute approximate surface area is 121 Å². The molecule has 0 unspecified atom stereocenters. The molecular formula is C14H18N2O3S. The summed E-state index contributed by atoms with van der Waals surface area (Å²) in [6.07, 6.45) is 5.55. The van der Waals surface area contributed by atoms with Gasteiger partial charge in [0.1, 0.15) is 0 Å². The zero-order chi connectivity index (χ0) is 14.3. The van der Waals surface area contributed by atoms with Gasteiger partial charge in [0.15, 0.2) is 5.13 Å². The minimum absolute atomic E-state index is 0.159. The fourth-order valence-electron chi connectivity index (χ4n) is 3.78. The summed E-state index contributed by atoms with van der Waals surface area (Å²) in [5, 5.41) is 12.8. The van der Waals surface area contributed by atoms with E-state index in [9.17, 15) is 14.7 Å². The molecule has 0 spiro atoms. The van der Waals surface area contributed by atoms with E-state index in [1.54, 1.807) is 6.20 Å². The standard InChI is InChI=1S/C14H18N2O3S/c1-7-6-15-14(20-7)16-12(17)10-8-2-4-9(5-3-8)11(10)13(18)19/h6,8-11H,2-5H2,1H3,(H,18,19)(H,15,16,17)/t8?,9?,10-,11-/m1/s1. The molecule has 6 heteroatoms. The smallest absolute Gasteiger partial charge is 0.307 e. The first-order valence-electron chi connectivity index (χ1n) is 7.02. The third-order valence-electron chi connectivity index (χ3n) is 4.66. The van der Waals surface area contributed by atoms with E-state index in [0.29, 0.717) is 5.13 Å². The van der Waals surface area contributed by atoms with Crippen molar-refractivity contribution in [2.24, 2.45) is 23.7 Å². The van der Waals surface area contributed by atoms with Gasteiger partial charge in [-0.3, -0.25) is 9.59 Å². The first-order valence-corrected chi connectivity index (χ1v) is 7.84. The SMILES string of the molecule is Cc1cnc(NC(=O)[C@@H]2C3CCC(CC3)[C@H]2C(=O)O)s1. The fourth-order valence-corrected chi connectivity index (χ4v) is 4.45. The van der Waals surface area contributed by atoms with Crippen molar-refractivity contribution in [2.75, 3.05) is 5.32 Å². The summed E-state index contributed by atoms with van der Waals surface area (Å²) < 4.78 is 0. The molecule has 1 aromatic heterocycles. The second-order valence-corrected chi connectivity index (χ2v) is 7.06. The summed E-state index contributed by atoms with van der Waals surface area (Å²) in [6.45, 7) is 1.93. The maximum Gasteiger partial charge on any atom is 0.307 e. The van der Waals surface area contributed by atoms with Crippen molar-refractivity contribution in [3.63, 3.8) is 0 Å². The van der Waals surface area contributed by atoms with E-state index in [4.69, 9.17) is 0 Å². The third-order valence-corrected chi connectivity index (χ3v) is 5.49. The zero-order valence-electron chi connectivity index (χ0n) is 11.3. The number of amides is 1. The van der Waals surface area contributed by atoms with E-state index >= 15 is 0 Å². The molecule has 2 N–H and O–H groups in total. The number of carboxylic acids is 1. The van der Waals surface area contributed by atoms with Crippen molar-refractivity contribution in [3.05, 3.63) is 11.1 Å². The number of hydrogen-bond donors (Lipinski definition) is 2. The van der Waals surface area contributed by atoms with Crippen LogP contribution in [0.2, 0.25) is 0 Å². The van der Waals surface area contributed by atoms with E-state index in [1.807, 2.05) is 6.92 Å². The second-order valence-electron chi connectivity index (χ2n) is 5.83. The molecule has 0 radical (unpaired) electrons. The number of aryl methyl sites for hydroxylation is 1. The maximum atomic E-state index is 12.5. The van der Waals surface area contributed by atoms with Crippen molar-refractivity contribution in [1.82, 2.24) is 4.98 Å². The molecule has 0 aliphatic heterocycles. The first kappa shape index (κ1) is 13.5. The lowest BCUT2D eigenvalue weighted by Crippen LogP contribution is -2.49. The summed E-state index contributed by atoms with van der Waals surface area (Å²) in [4.78, 5) is 29.1. The highest BCUT2D eigenvalue weighted by atomic mass is 32.1. The highest BCUT2D eigenvalue weighted by Crippen LogP contribution is 2.49. The lowest BCUT2D eigenvalue weighted by atomic mass is 9.58. The molecule has 1 amide bonds. The molecule has 4 rings (SSSR count). The number of carbonyl (C=O) groups excluding carboxylic acids is 1. The van der Waals surface area contributed by atoms with Gasteiger partial charge >= 0.3 is 5.97 Å². The molecule has 1 heterocycles. The van der Waals surface area contributed by atoms with Crippen LogP contribution in [0.5, 0.6) is 0 Å². The fraction of sp³-hybridized carbons (Fsp3) is 0.643. The minimum Gasteiger partial charge on any atom is -0.481 e. The van der Waals surface area contributed by atoms with E-state index < -0.39 is 17.8 Å². The predicted octanol–water partition coefficient (Wildman–Crippen LogP) is 2.53. The topological polar surface area (TPSA) is 79.3 Å². The van der Waals surface area contributed by atoms with Gasteiger partial charge in [-0.2, -0.15) is 0 Å². The van der Waals surface area contributed by atoms with Crippen molar-refractivity contribution < 1.29 is 14.7 Å². The van der Waals surface area contributed by atoms with Crippen LogP contribution in [-0.2, 0) is 9.59 Å². The van der Waals surface area contributed by atoms with Gasteiger partial charge in [0.2, 0.25) is 5.91 Å². The van der Waals surface area contributed by atoms with Crippen LogP contribution in [-0.4, -0.2) is 22.0 Å². The van der Waals surface area contributed by atoms with Crippen LogP contribution in [0.1, 0.15) is 30.6 Å². The number of rotatable bonds is 3. The van der Waals surface area contributed by atoms with Gasteiger partial charge in [-0.1, -0.05) is 0 Å². The molecule has 1 aromatic rings. The largest absolute Gasteiger partial charge is 0.481 e. The number of hydrogen-bond acceptors (Lipinski definition) is 4. The number of aromatic nitrogens is 1. The molecule has 2 atom stereocenters. The molecule has 108 valence electrons. The molecule has 0 saturated heterocycles. The molecular weight excluding hydrogens is 276 g/mol. The normalized spacial score (nSPS) is 32.0. The van der Waals surface area contributed by atoms with Crippen LogP contribution in [0, 0.1) is 30.6 Å². The maximum absolute atomic E-state index is 12.5. The number of fused-ring (bicyclic) bond motifs is 3. The molecule has 0 aromatic carbocycles. The van der Waals surface area contributed by atoms with Crippen LogP contribution < -0.4 is 5.32 Å². The molecule has 3 saturated carbocycles. The Hall–Kier alpha value is -1.43. The van der Waals surface area contributed by atoms with Crippen LogP contribution in [0.15, 0.2) is 6.20 Å². The number of nitrogens with zero attached hydrogens (tertiary/aromatic N) is 1. The lowest BCUT2D eigenvalue weighted by molar-refractivity contribution is -0.156. The Morgan fingerprint density at radius 2 is 1.85 bits per heavy atom. The van der Waals surface area contributed by atoms with Crippen molar-refractivity contribution in [1.29, 1.82) is 0 Å². The number of nitrogens with one attached hydrogen (secondary N) is 1. The van der Waals surface area contributed by atoms with Crippen LogP contribution in [0.3, 0.4) is 0 Å². The minimum atomic E-state index is -0.824. The molecule has 3 aliphatic rings. The summed E-state index contributed by atoms with van der Waals surface area (Å²) in [5.74, 6) is -1.54. The van der Waals surface area contributed by atoms with Gasteiger partial charge in [0.25, 0.3) is 0 Å². The van der Waals surface area contributed by atoms with Gasteiger partial charge in [-0.05, 0) is 44.4 Å². The number of carbonyl (C=O) groups is 2. The number of carboxylic acid groups (broad SMARTS) is 1. The van der Waals surface area contributed by atoms with Crippen LogP contribution in [0.4, 0.5) is 5.13 Å². The first-order chi connectivity index (χ1) is 9.56.